The topological polar surface area (TPSA) is 131 Å². The summed E-state index contributed by atoms with van der Waals surface area (Å²) in [4.78, 5) is 11.1. The Morgan fingerprint density at radius 3 is 2.00 bits per heavy atom. The van der Waals surface area contributed by atoms with Crippen LogP contribution in [0.15, 0.2) is 44.7 Å². The third-order valence-electron chi connectivity index (χ3n) is 2.54. The van der Waals surface area contributed by atoms with E-state index in [0.717, 1.165) is 0 Å². The van der Waals surface area contributed by atoms with E-state index in [1.165, 1.54) is 0 Å². The van der Waals surface area contributed by atoms with Crippen LogP contribution in [0, 0.1) is 0 Å². The summed E-state index contributed by atoms with van der Waals surface area (Å²) in [6.07, 6.45) is 0. The van der Waals surface area contributed by atoms with Crippen molar-refractivity contribution in [2.24, 2.45) is 31.9 Å². The van der Waals surface area contributed by atoms with E-state index >= 15 is 0 Å². The van der Waals surface area contributed by atoms with E-state index in [0.29, 0.717) is 22.6 Å². The maximum Gasteiger partial charge on any atom is 2.00 e. The minimum atomic E-state index is -0.523. The molecule has 131 valence electrons. The van der Waals surface area contributed by atoms with Crippen LogP contribution in [-0.4, -0.2) is 34.7 Å². The van der Waals surface area contributed by atoms with Gasteiger partial charge in [-0.05, 0) is 29.4 Å². The van der Waals surface area contributed by atoms with E-state index in [1.54, 1.807) is 38.2 Å². The summed E-state index contributed by atoms with van der Waals surface area (Å²) in [6.45, 7) is 1.67. The number of hydrogen-bond acceptors (Lipinski definition) is 7. The van der Waals surface area contributed by atoms with Crippen LogP contribution in [-0.2, 0) is 42.3 Å². The molecule has 1 rings (SSSR count). The zero-order valence-corrected chi connectivity index (χ0v) is 15.4. The monoisotopic (exact) mass is 412 g/mol. The van der Waals surface area contributed by atoms with Gasteiger partial charge in [0.15, 0.2) is 0 Å². The molecule has 0 aliphatic heterocycles. The number of rotatable bonds is 5. The molecule has 11 heteroatoms. The van der Waals surface area contributed by atoms with Crippen molar-refractivity contribution in [1.29, 1.82) is 0 Å². The summed E-state index contributed by atoms with van der Waals surface area (Å²) < 4.78 is 0. The molecule has 8 nitrogen and oxygen atoms in total. The van der Waals surface area contributed by atoms with E-state index in [2.05, 4.69) is 38.4 Å². The molecule has 0 aliphatic carbocycles. The van der Waals surface area contributed by atoms with Crippen LogP contribution < -0.4 is 16.8 Å². The van der Waals surface area contributed by atoms with E-state index in [1.807, 2.05) is 0 Å². The number of carbonyl (C=O) groups is 1. The Bertz CT molecular complexity index is 695. The molecule has 1 radical (unpaired) electrons. The summed E-state index contributed by atoms with van der Waals surface area (Å²) in [7, 11) is 1.63. The molecule has 0 saturated carbocycles. The molecule has 0 unspecified atom stereocenters. The van der Waals surface area contributed by atoms with Crippen molar-refractivity contribution in [2.75, 3.05) is 7.05 Å². The smallest absolute Gasteiger partial charge is 0.741 e. The van der Waals surface area contributed by atoms with Crippen LogP contribution in [0.1, 0.15) is 22.8 Å². The van der Waals surface area contributed by atoms with Gasteiger partial charge in [-0.25, -0.2) is 0 Å². The molecule has 0 aliphatic rings. The first-order valence-electron chi connectivity index (χ1n) is 6.31. The quantitative estimate of drug-likeness (QED) is 0.203. The summed E-state index contributed by atoms with van der Waals surface area (Å²) >= 11 is 9.57. The predicted molar refractivity (Wildman–Crippen MR) is 97.5 cm³/mol. The minimum absolute atomic E-state index is 0. The van der Waals surface area contributed by atoms with Crippen molar-refractivity contribution in [2.45, 2.75) is 6.92 Å². The molecule has 0 spiro atoms. The fraction of sp³-hybridized carbons (Fsp3) is 0.154. The Morgan fingerprint density at radius 2 is 1.54 bits per heavy atom. The predicted octanol–water partition coefficient (Wildman–Crippen LogP) is -0.153. The molecule has 0 heterocycles. The number of amidine groups is 2. The normalized spacial score (nSPS) is 13.2. The third-order valence-corrected chi connectivity index (χ3v) is 2.91. The van der Waals surface area contributed by atoms with Crippen LogP contribution in [0.25, 0.3) is 0 Å². The van der Waals surface area contributed by atoms with Gasteiger partial charge in [0, 0.05) is 18.2 Å². The molecule has 5 N–H and O–H groups in total. The zero-order valence-electron chi connectivity index (χ0n) is 12.8. The number of nitrogens with zero attached hydrogens (tertiary/aromatic N) is 4. The first-order valence-corrected chi connectivity index (χ1v) is 7.12. The van der Waals surface area contributed by atoms with Crippen LogP contribution in [0.2, 0.25) is 0 Å². The van der Waals surface area contributed by atoms with Gasteiger partial charge in [0.2, 0.25) is 5.91 Å². The fourth-order valence-corrected chi connectivity index (χ4v) is 1.53. The number of carbonyl (C=O) groups excluding carboxylic acids is 1. The number of benzene rings is 1. The molecule has 0 fully saturated rings. The van der Waals surface area contributed by atoms with Gasteiger partial charge in [0.25, 0.3) is 0 Å². The fourth-order valence-electron chi connectivity index (χ4n) is 1.45. The van der Waals surface area contributed by atoms with Crippen molar-refractivity contribution in [1.82, 2.24) is 5.32 Å². The second-order valence-corrected chi connectivity index (χ2v) is 4.97. The summed E-state index contributed by atoms with van der Waals surface area (Å²) in [5.41, 5.74) is 12.4. The van der Waals surface area contributed by atoms with E-state index in [9.17, 15) is 4.79 Å². The molecule has 24 heavy (non-hydrogen) atoms. The van der Waals surface area contributed by atoms with Gasteiger partial charge < -0.3 is 42.0 Å². The van der Waals surface area contributed by atoms with E-state index in [-0.39, 0.29) is 27.4 Å². The van der Waals surface area contributed by atoms with Gasteiger partial charge >= 0.3 is 17.1 Å². The number of hydrogen-bond donors (Lipinski definition) is 3. The Labute approximate surface area is 161 Å². The van der Waals surface area contributed by atoms with Gasteiger partial charge in [-0.3, -0.25) is 4.79 Å². The van der Waals surface area contributed by atoms with Crippen molar-refractivity contribution >= 4 is 52.9 Å². The second-order valence-electron chi connectivity index (χ2n) is 4.17. The first kappa shape index (κ1) is 21.9. The van der Waals surface area contributed by atoms with Gasteiger partial charge in [-0.2, -0.15) is 15.3 Å². The molecular weight excluding hydrogens is 398 g/mol. The van der Waals surface area contributed by atoms with Crippen LogP contribution >= 0.6 is 0 Å². The Hall–Kier alpha value is -2.07. The number of primary amides is 1. The van der Waals surface area contributed by atoms with Crippen molar-refractivity contribution in [3.63, 3.8) is 0 Å². The number of nitrogens with two attached hydrogens (primary N) is 2. The Morgan fingerprint density at radius 1 is 1.00 bits per heavy atom. The third kappa shape index (κ3) is 7.00. The SMILES string of the molecule is CN/C([S-])=N/N=C(/C(C)=N/N=C(/N)[S-])c1ccc(C(N)=O)cc1.[Cu+2]. The molecule has 0 bridgehead atoms. The van der Waals surface area contributed by atoms with Crippen molar-refractivity contribution in [3.8, 4) is 0 Å². The van der Waals surface area contributed by atoms with Crippen molar-refractivity contribution in [3.05, 3.63) is 35.4 Å². The standard InChI is InChI=1S/C13H17N7OS2.Cu/c1-7(17-19-12(15)22)10(18-20-13(23)16-2)8-3-5-9(6-4-8)11(14)21;/h3-6H,1-2H3,(H2,14,21)(H3,15,19,22)(H2,16,20,23);/q;+2/p-2/b17-7+,18-10-;. The van der Waals surface area contributed by atoms with Crippen molar-refractivity contribution < 1.29 is 21.9 Å². The van der Waals surface area contributed by atoms with Gasteiger partial charge in [-0.1, -0.05) is 12.1 Å². The van der Waals surface area contributed by atoms with Crippen LogP contribution in [0.4, 0.5) is 0 Å². The van der Waals surface area contributed by atoms with Crippen LogP contribution in [0.3, 0.4) is 0 Å². The molecule has 0 saturated heterocycles. The Kier molecular flexibility index (Phi) is 9.74. The van der Waals surface area contributed by atoms with E-state index in [4.69, 9.17) is 24.1 Å². The van der Waals surface area contributed by atoms with Gasteiger partial charge in [-0.15, -0.1) is 5.10 Å². The number of nitrogens with one attached hydrogen (secondary N) is 1. The van der Waals surface area contributed by atoms with Gasteiger partial charge in [0.1, 0.15) is 5.71 Å². The summed E-state index contributed by atoms with van der Waals surface area (Å²) in [6, 6.07) is 6.47. The first-order chi connectivity index (χ1) is 10.8. The molecule has 0 atom stereocenters. The minimum Gasteiger partial charge on any atom is -0.741 e. The molecular formula is C13H15CuN7OS2. The molecule has 1 amide bonds. The second kappa shape index (κ2) is 10.7. The summed E-state index contributed by atoms with van der Waals surface area (Å²) in [5.74, 6) is -0.523. The summed E-state index contributed by atoms with van der Waals surface area (Å²) in [5, 5.41) is 18.2. The van der Waals surface area contributed by atoms with Gasteiger partial charge in [0.05, 0.1) is 5.71 Å². The van der Waals surface area contributed by atoms with E-state index < -0.39 is 5.91 Å². The largest absolute Gasteiger partial charge is 2.00 e. The number of amides is 1. The average Bonchev–Trinajstić information content (AvgIpc) is 2.53. The average molecular weight is 413 g/mol. The molecule has 0 aromatic heterocycles. The maximum absolute atomic E-state index is 11.1. The molecule has 1 aromatic carbocycles. The zero-order chi connectivity index (χ0) is 17.4. The molecule has 1 aromatic rings. The maximum atomic E-state index is 11.1. The Balaban J connectivity index is 0.00000529. The van der Waals surface area contributed by atoms with Crippen LogP contribution in [0.5, 0.6) is 0 Å².